The molecule has 1 aromatic carbocycles. The van der Waals surface area contributed by atoms with Gasteiger partial charge in [0.1, 0.15) is 18.1 Å². The second kappa shape index (κ2) is 9.35. The Morgan fingerprint density at radius 3 is 2.62 bits per heavy atom. The number of ketones is 1. The Bertz CT molecular complexity index is 1110. The quantitative estimate of drug-likeness (QED) is 0.498. The third-order valence-electron chi connectivity index (χ3n) is 5.96. The molecule has 1 aromatic heterocycles. The number of allylic oxidation sites excluding steroid dienone is 3. The van der Waals surface area contributed by atoms with Crippen LogP contribution in [-0.2, 0) is 19.1 Å². The number of carbonyl (C=O) groups is 2. The molecule has 2 heterocycles. The van der Waals surface area contributed by atoms with Crippen LogP contribution in [0, 0.1) is 6.92 Å². The van der Waals surface area contributed by atoms with Gasteiger partial charge in [-0.2, -0.15) is 0 Å². The number of rotatable bonds is 6. The fourth-order valence-electron chi connectivity index (χ4n) is 4.52. The van der Waals surface area contributed by atoms with Crippen molar-refractivity contribution in [2.45, 2.75) is 38.5 Å². The van der Waals surface area contributed by atoms with Gasteiger partial charge in [0.25, 0.3) is 0 Å². The van der Waals surface area contributed by atoms with Crippen LogP contribution in [0.1, 0.15) is 48.7 Å². The number of dihydropyridines is 1. The van der Waals surface area contributed by atoms with Gasteiger partial charge in [-0.3, -0.25) is 4.79 Å². The predicted molar refractivity (Wildman–Crippen MR) is 120 cm³/mol. The topological polar surface area (TPSA) is 77.8 Å². The summed E-state index contributed by atoms with van der Waals surface area (Å²) in [5.41, 5.74) is 3.35. The van der Waals surface area contributed by atoms with Crippen LogP contribution in [0.4, 0.5) is 0 Å². The van der Waals surface area contributed by atoms with Crippen LogP contribution in [0.3, 0.4) is 0 Å². The summed E-state index contributed by atoms with van der Waals surface area (Å²) in [7, 11) is 1.54. The van der Waals surface area contributed by atoms with Crippen molar-refractivity contribution >= 4 is 23.4 Å². The highest BCUT2D eigenvalue weighted by molar-refractivity contribution is 6.31. The van der Waals surface area contributed by atoms with Gasteiger partial charge in [0.15, 0.2) is 5.78 Å². The number of carbonyl (C=O) groups excluding carboxylic acids is 2. The van der Waals surface area contributed by atoms with Crippen LogP contribution >= 0.6 is 11.6 Å². The van der Waals surface area contributed by atoms with Crippen molar-refractivity contribution in [3.8, 4) is 0 Å². The average molecular weight is 456 g/mol. The molecule has 4 rings (SSSR count). The summed E-state index contributed by atoms with van der Waals surface area (Å²) in [4.78, 5) is 26.5. The minimum absolute atomic E-state index is 0.0302. The molecule has 0 saturated carbocycles. The highest BCUT2D eigenvalue weighted by atomic mass is 35.5. The summed E-state index contributed by atoms with van der Waals surface area (Å²) in [5, 5.41) is 3.97. The predicted octanol–water partition coefficient (Wildman–Crippen LogP) is 4.79. The number of aryl methyl sites for hydroxylation is 1. The molecule has 0 radical (unpaired) electrons. The molecule has 0 spiro atoms. The zero-order chi connectivity index (χ0) is 22.8. The first-order valence-corrected chi connectivity index (χ1v) is 11.0. The van der Waals surface area contributed by atoms with E-state index in [4.69, 9.17) is 25.5 Å². The minimum Gasteiger partial charge on any atom is -0.465 e. The van der Waals surface area contributed by atoms with Crippen molar-refractivity contribution in [3.05, 3.63) is 81.0 Å². The number of hydrogen-bond donors (Lipinski definition) is 1. The molecular formula is C25H26ClNO5. The minimum atomic E-state index is -0.616. The van der Waals surface area contributed by atoms with E-state index in [-0.39, 0.29) is 18.3 Å². The number of methoxy groups -OCH3 is 1. The molecule has 6 nitrogen and oxygen atoms in total. The fraction of sp³-hybridized carbons (Fsp3) is 0.360. The zero-order valence-corrected chi connectivity index (χ0v) is 19.1. The summed E-state index contributed by atoms with van der Waals surface area (Å²) >= 11 is 6.42. The molecule has 32 heavy (non-hydrogen) atoms. The van der Waals surface area contributed by atoms with E-state index < -0.39 is 11.9 Å². The van der Waals surface area contributed by atoms with E-state index in [1.807, 2.05) is 50.2 Å². The van der Waals surface area contributed by atoms with Crippen LogP contribution in [0.15, 0.2) is 63.4 Å². The van der Waals surface area contributed by atoms with Gasteiger partial charge in [0.05, 0.1) is 18.1 Å². The van der Waals surface area contributed by atoms with Crippen molar-refractivity contribution in [3.63, 3.8) is 0 Å². The van der Waals surface area contributed by atoms with Gasteiger partial charge in [-0.25, -0.2) is 4.79 Å². The van der Waals surface area contributed by atoms with E-state index in [9.17, 15) is 9.59 Å². The standard InChI is InChI=1S/C25H26ClNO5/c1-14-8-9-21(32-14)24-22(25(29)31-11-10-30-3)15(2)27-19-12-16(13-20(28)23(19)24)17-6-4-5-7-18(17)26/h4-9,16,24,27H,10-13H2,1-3H3/t16-,24-/m1/s1. The SMILES string of the molecule is COCCOC(=O)C1=C(C)NC2=C(C(=O)C[C@H](c3ccccc3Cl)C2)[C@@H]1c1ccc(C)o1. The Morgan fingerprint density at radius 2 is 1.94 bits per heavy atom. The zero-order valence-electron chi connectivity index (χ0n) is 18.4. The number of Topliss-reactive ketones (excluding diaryl/α,β-unsaturated/α-hetero) is 1. The number of nitrogens with one attached hydrogen (secondary N) is 1. The van der Waals surface area contributed by atoms with E-state index in [1.54, 1.807) is 7.11 Å². The lowest BCUT2D eigenvalue weighted by Gasteiger charge is -2.36. The Balaban J connectivity index is 1.74. The molecule has 2 aliphatic rings. The first kappa shape index (κ1) is 22.4. The number of hydrogen-bond acceptors (Lipinski definition) is 6. The molecule has 7 heteroatoms. The molecule has 1 N–H and O–H groups in total. The van der Waals surface area contributed by atoms with Gasteiger partial charge in [-0.05, 0) is 49.9 Å². The van der Waals surface area contributed by atoms with Crippen LogP contribution in [-0.4, -0.2) is 32.1 Å². The molecule has 168 valence electrons. The van der Waals surface area contributed by atoms with Crippen LogP contribution in [0.25, 0.3) is 0 Å². The van der Waals surface area contributed by atoms with Gasteiger partial charge in [-0.1, -0.05) is 29.8 Å². The molecule has 0 saturated heterocycles. The van der Waals surface area contributed by atoms with Crippen LogP contribution in [0.2, 0.25) is 5.02 Å². The van der Waals surface area contributed by atoms with E-state index >= 15 is 0 Å². The third kappa shape index (κ3) is 4.25. The Hall–Kier alpha value is -2.83. The number of esters is 1. The van der Waals surface area contributed by atoms with Gasteiger partial charge in [0.2, 0.25) is 0 Å². The molecular weight excluding hydrogens is 430 g/mol. The van der Waals surface area contributed by atoms with Crippen molar-refractivity contribution in [2.24, 2.45) is 0 Å². The Labute approximate surface area is 192 Å². The molecule has 1 aliphatic heterocycles. The first-order chi connectivity index (χ1) is 15.4. The lowest BCUT2D eigenvalue weighted by Crippen LogP contribution is -2.36. The number of halogens is 1. The van der Waals surface area contributed by atoms with E-state index in [1.165, 1.54) is 0 Å². The molecule has 2 aromatic rings. The number of ether oxygens (including phenoxy) is 2. The number of furan rings is 1. The normalized spacial score (nSPS) is 20.8. The Morgan fingerprint density at radius 1 is 1.16 bits per heavy atom. The smallest absolute Gasteiger partial charge is 0.336 e. The summed E-state index contributed by atoms with van der Waals surface area (Å²) < 4.78 is 16.3. The van der Waals surface area contributed by atoms with Gasteiger partial charge >= 0.3 is 5.97 Å². The van der Waals surface area contributed by atoms with Crippen molar-refractivity contribution in [1.82, 2.24) is 5.32 Å². The summed E-state index contributed by atoms with van der Waals surface area (Å²) in [5.74, 6) is 0.0944. The van der Waals surface area contributed by atoms with Crippen molar-refractivity contribution in [1.29, 1.82) is 0 Å². The molecule has 2 atom stereocenters. The van der Waals surface area contributed by atoms with Crippen molar-refractivity contribution in [2.75, 3.05) is 20.3 Å². The highest BCUT2D eigenvalue weighted by Crippen LogP contribution is 2.46. The van der Waals surface area contributed by atoms with Crippen molar-refractivity contribution < 1.29 is 23.5 Å². The molecule has 0 amide bonds. The Kier molecular flexibility index (Phi) is 6.53. The maximum atomic E-state index is 13.5. The fourth-order valence-corrected chi connectivity index (χ4v) is 4.81. The van der Waals surface area contributed by atoms with E-state index in [2.05, 4.69) is 5.32 Å². The largest absolute Gasteiger partial charge is 0.465 e. The second-order valence-electron chi connectivity index (χ2n) is 8.12. The second-order valence-corrected chi connectivity index (χ2v) is 8.52. The van der Waals surface area contributed by atoms with Gasteiger partial charge in [0, 0.05) is 35.5 Å². The molecule has 0 bridgehead atoms. The lowest BCUT2D eigenvalue weighted by atomic mass is 9.73. The van der Waals surface area contributed by atoms with Gasteiger partial charge < -0.3 is 19.2 Å². The third-order valence-corrected chi connectivity index (χ3v) is 6.30. The maximum absolute atomic E-state index is 13.5. The maximum Gasteiger partial charge on any atom is 0.336 e. The van der Waals surface area contributed by atoms with E-state index in [0.717, 1.165) is 11.3 Å². The molecule has 0 fully saturated rings. The molecule has 0 unspecified atom stereocenters. The summed E-state index contributed by atoms with van der Waals surface area (Å²) in [6.07, 6.45) is 0.926. The van der Waals surface area contributed by atoms with Crippen LogP contribution < -0.4 is 5.32 Å². The summed E-state index contributed by atoms with van der Waals surface area (Å²) in [6.45, 7) is 4.08. The van der Waals surface area contributed by atoms with E-state index in [0.29, 0.717) is 52.8 Å². The van der Waals surface area contributed by atoms with Gasteiger partial charge in [-0.15, -0.1) is 0 Å². The monoisotopic (exact) mass is 455 g/mol. The highest BCUT2D eigenvalue weighted by Gasteiger charge is 2.43. The molecule has 1 aliphatic carbocycles. The summed E-state index contributed by atoms with van der Waals surface area (Å²) in [6, 6.07) is 11.3. The van der Waals surface area contributed by atoms with Crippen LogP contribution in [0.5, 0.6) is 0 Å². The lowest BCUT2D eigenvalue weighted by molar-refractivity contribution is -0.140. The first-order valence-electron chi connectivity index (χ1n) is 10.6. The number of benzene rings is 1. The average Bonchev–Trinajstić information content (AvgIpc) is 3.19.